The molecule has 0 aliphatic heterocycles. The molecule has 0 aromatic heterocycles. The Morgan fingerprint density at radius 1 is 0.607 bits per heavy atom. The minimum absolute atomic E-state index is 0. The molecule has 0 radical (unpaired) electrons. The molecule has 150 valence electrons. The van der Waals surface area contributed by atoms with Gasteiger partial charge in [-0.3, -0.25) is 0 Å². The van der Waals surface area contributed by atoms with Crippen LogP contribution >= 0.6 is 24.2 Å². The van der Waals surface area contributed by atoms with Crippen molar-refractivity contribution >= 4 is 40.2 Å². The first-order valence-electron chi connectivity index (χ1n) is 10.2. The van der Waals surface area contributed by atoms with E-state index in [-0.39, 0.29) is 17.0 Å². The van der Waals surface area contributed by atoms with Gasteiger partial charge in [-0.2, -0.15) is 0 Å². The molecule has 28 heavy (non-hydrogen) atoms. The molecule has 1 atom stereocenters. The first-order chi connectivity index (χ1) is 13.3. The summed E-state index contributed by atoms with van der Waals surface area (Å²) in [6.45, 7) is 9.12. The predicted octanol–water partition coefficient (Wildman–Crippen LogP) is 5.37. The van der Waals surface area contributed by atoms with Crippen molar-refractivity contribution in [1.29, 1.82) is 0 Å². The first-order valence-corrected chi connectivity index (χ1v) is 12.3. The quantitative estimate of drug-likeness (QED) is 0.411. The molecule has 3 aromatic carbocycles. The second-order valence-corrected chi connectivity index (χ2v) is 11.1. The zero-order chi connectivity index (χ0) is 19.1. The van der Waals surface area contributed by atoms with Gasteiger partial charge in [0.2, 0.25) is 0 Å². The van der Waals surface area contributed by atoms with Crippen molar-refractivity contribution in [2.24, 2.45) is 0 Å². The Morgan fingerprint density at radius 2 is 0.929 bits per heavy atom. The van der Waals surface area contributed by atoms with E-state index >= 15 is 0 Å². The van der Waals surface area contributed by atoms with Gasteiger partial charge >= 0.3 is 165 Å². The molecule has 1 unspecified atom stereocenters. The molecule has 0 aliphatic rings. The molecule has 1 nitrogen and oxygen atoms in total. The Labute approximate surface area is 181 Å². The summed E-state index contributed by atoms with van der Waals surface area (Å²) in [7, 11) is -2.23. The normalized spacial score (nSPS) is 13.0. The van der Waals surface area contributed by atoms with Crippen LogP contribution in [0.4, 0.5) is 0 Å². The molecule has 0 saturated carbocycles. The van der Waals surface area contributed by atoms with Gasteiger partial charge in [0.05, 0.1) is 0 Å². The first kappa shape index (κ1) is 22.8. The fourth-order valence-electron chi connectivity index (χ4n) is 4.68. The van der Waals surface area contributed by atoms with Gasteiger partial charge in [-0.15, -0.1) is 17.0 Å². The van der Waals surface area contributed by atoms with Crippen LogP contribution in [0.5, 0.6) is 0 Å². The summed E-state index contributed by atoms with van der Waals surface area (Å²) >= 11 is 0. The monoisotopic (exact) mass is 457 g/mol. The SMILES string of the molecule is Br.CCC(N(CC)CC)[PH](c1ccccc1)(c1ccccc1)c1ccccc1. The standard InChI is InChI=1S/C25H32NP.BrH/c1-4-25(26(5-2)6-3)27(22-16-10-7-11-17-22,23-18-12-8-13-19-23)24-20-14-9-15-21-24;/h7-21,25,27H,4-6H2,1-3H3;1H. The van der Waals surface area contributed by atoms with E-state index in [4.69, 9.17) is 0 Å². The van der Waals surface area contributed by atoms with Crippen molar-refractivity contribution < 1.29 is 0 Å². The number of halogens is 1. The predicted molar refractivity (Wildman–Crippen MR) is 134 cm³/mol. The van der Waals surface area contributed by atoms with E-state index in [1.54, 1.807) is 0 Å². The minimum atomic E-state index is -2.23. The molecular formula is C25H33BrNP. The third-order valence-corrected chi connectivity index (χ3v) is 11.3. The Balaban J connectivity index is 0.00000280. The average Bonchev–Trinajstić information content (AvgIpc) is 2.76. The number of nitrogens with zero attached hydrogens (tertiary/aromatic N) is 1. The van der Waals surface area contributed by atoms with Crippen molar-refractivity contribution in [1.82, 2.24) is 4.90 Å². The van der Waals surface area contributed by atoms with Gasteiger partial charge in [0.15, 0.2) is 0 Å². The van der Waals surface area contributed by atoms with Crippen molar-refractivity contribution in [3.05, 3.63) is 91.0 Å². The van der Waals surface area contributed by atoms with Gasteiger partial charge in [0, 0.05) is 0 Å². The summed E-state index contributed by atoms with van der Waals surface area (Å²) < 4.78 is 0. The van der Waals surface area contributed by atoms with Crippen LogP contribution in [0.2, 0.25) is 0 Å². The van der Waals surface area contributed by atoms with Crippen molar-refractivity contribution in [3.63, 3.8) is 0 Å². The molecule has 3 heteroatoms. The van der Waals surface area contributed by atoms with Gasteiger partial charge in [-0.1, -0.05) is 0 Å². The molecule has 0 heterocycles. The molecule has 0 saturated heterocycles. The van der Waals surface area contributed by atoms with Crippen LogP contribution < -0.4 is 15.9 Å². The van der Waals surface area contributed by atoms with E-state index in [1.807, 2.05) is 0 Å². The van der Waals surface area contributed by atoms with E-state index in [0.29, 0.717) is 5.78 Å². The van der Waals surface area contributed by atoms with E-state index in [1.165, 1.54) is 15.9 Å². The van der Waals surface area contributed by atoms with Gasteiger partial charge in [0.25, 0.3) is 0 Å². The van der Waals surface area contributed by atoms with Crippen molar-refractivity contribution in [3.8, 4) is 0 Å². The Morgan fingerprint density at radius 3 is 1.18 bits per heavy atom. The number of hydrogen-bond acceptors (Lipinski definition) is 1. The van der Waals surface area contributed by atoms with Gasteiger partial charge in [-0.05, 0) is 0 Å². The Kier molecular flexibility index (Phi) is 8.89. The third kappa shape index (κ3) is 4.25. The third-order valence-electron chi connectivity index (χ3n) is 5.83. The summed E-state index contributed by atoms with van der Waals surface area (Å²) in [4.78, 5) is 2.68. The molecule has 3 aromatic rings. The van der Waals surface area contributed by atoms with Gasteiger partial charge in [-0.25, -0.2) is 0 Å². The summed E-state index contributed by atoms with van der Waals surface area (Å²) in [5, 5.41) is 4.50. The average molecular weight is 458 g/mol. The zero-order valence-electron chi connectivity index (χ0n) is 17.2. The maximum atomic E-state index is 2.68. The maximum absolute atomic E-state index is 2.68. The Hall–Kier alpha value is -1.47. The summed E-state index contributed by atoms with van der Waals surface area (Å²) in [6, 6.07) is 33.8. The summed E-state index contributed by atoms with van der Waals surface area (Å²) in [5.74, 6) is 0.514. The van der Waals surface area contributed by atoms with Crippen LogP contribution in [0.25, 0.3) is 0 Å². The van der Waals surface area contributed by atoms with E-state index in [9.17, 15) is 0 Å². The van der Waals surface area contributed by atoms with E-state index < -0.39 is 7.26 Å². The van der Waals surface area contributed by atoms with Crippen LogP contribution in [0.1, 0.15) is 27.2 Å². The molecular weight excluding hydrogens is 425 g/mol. The molecule has 0 N–H and O–H groups in total. The van der Waals surface area contributed by atoms with Crippen LogP contribution in [0.3, 0.4) is 0 Å². The molecule has 0 spiro atoms. The molecule has 0 aliphatic carbocycles. The van der Waals surface area contributed by atoms with Gasteiger partial charge in [0.1, 0.15) is 0 Å². The summed E-state index contributed by atoms with van der Waals surface area (Å²) in [5.41, 5.74) is 0. The Bertz CT molecular complexity index is 707. The number of rotatable bonds is 8. The molecule has 0 bridgehead atoms. The van der Waals surface area contributed by atoms with Crippen LogP contribution in [-0.2, 0) is 0 Å². The number of benzene rings is 3. The van der Waals surface area contributed by atoms with Crippen molar-refractivity contribution in [2.75, 3.05) is 13.1 Å². The second kappa shape index (κ2) is 10.9. The second-order valence-electron chi connectivity index (χ2n) is 7.05. The fraction of sp³-hybridized carbons (Fsp3) is 0.280. The van der Waals surface area contributed by atoms with E-state index in [0.717, 1.165) is 19.5 Å². The fourth-order valence-corrected chi connectivity index (χ4v) is 10.5. The van der Waals surface area contributed by atoms with Crippen LogP contribution in [-0.4, -0.2) is 23.8 Å². The molecule has 0 amide bonds. The molecule has 0 fully saturated rings. The topological polar surface area (TPSA) is 3.24 Å². The van der Waals surface area contributed by atoms with E-state index in [2.05, 4.69) is 117 Å². The van der Waals surface area contributed by atoms with Crippen LogP contribution in [0.15, 0.2) is 91.0 Å². The zero-order valence-corrected chi connectivity index (χ0v) is 19.9. The number of hydrogen-bond donors (Lipinski definition) is 0. The summed E-state index contributed by atoms with van der Waals surface area (Å²) in [6.07, 6.45) is 1.15. The van der Waals surface area contributed by atoms with Gasteiger partial charge < -0.3 is 0 Å². The van der Waals surface area contributed by atoms with Crippen molar-refractivity contribution in [2.45, 2.75) is 33.0 Å². The van der Waals surface area contributed by atoms with Crippen LogP contribution in [0, 0.1) is 0 Å². The molecule has 3 rings (SSSR count).